The summed E-state index contributed by atoms with van der Waals surface area (Å²) in [6.45, 7) is 10.9. The standard InChI is InChI=1S/C16H32N2/c1-4-10-18-13-16(8-6-5-7-9-16)17-12-15(18)11-14(2)3/h14-15,17H,4-13H2,1-3H3. The first-order valence-corrected chi connectivity index (χ1v) is 8.14. The van der Waals surface area contributed by atoms with E-state index in [1.807, 2.05) is 0 Å². The van der Waals surface area contributed by atoms with E-state index in [2.05, 4.69) is 31.0 Å². The Kier molecular flexibility index (Phi) is 5.08. The van der Waals surface area contributed by atoms with Gasteiger partial charge in [-0.05, 0) is 38.1 Å². The second-order valence-corrected chi connectivity index (χ2v) is 6.98. The lowest BCUT2D eigenvalue weighted by atomic mass is 9.79. The van der Waals surface area contributed by atoms with E-state index >= 15 is 0 Å². The van der Waals surface area contributed by atoms with Crippen LogP contribution in [0.3, 0.4) is 0 Å². The second kappa shape index (κ2) is 6.38. The van der Waals surface area contributed by atoms with Crippen molar-refractivity contribution in [1.29, 1.82) is 0 Å². The van der Waals surface area contributed by atoms with Crippen molar-refractivity contribution in [2.75, 3.05) is 19.6 Å². The van der Waals surface area contributed by atoms with Gasteiger partial charge in [0, 0.05) is 24.7 Å². The number of nitrogens with zero attached hydrogens (tertiary/aromatic N) is 1. The van der Waals surface area contributed by atoms with E-state index in [0.717, 1.165) is 12.0 Å². The first kappa shape index (κ1) is 14.3. The molecule has 0 bridgehead atoms. The summed E-state index contributed by atoms with van der Waals surface area (Å²) in [5.74, 6) is 0.816. The molecule has 1 N–H and O–H groups in total. The zero-order chi connectivity index (χ0) is 13.0. The van der Waals surface area contributed by atoms with Crippen LogP contribution in [0.25, 0.3) is 0 Å². The molecular weight excluding hydrogens is 220 g/mol. The highest BCUT2D eigenvalue weighted by Gasteiger charge is 2.39. The van der Waals surface area contributed by atoms with E-state index in [1.165, 1.54) is 64.6 Å². The normalized spacial score (nSPS) is 29.0. The van der Waals surface area contributed by atoms with Crippen LogP contribution in [0.1, 0.15) is 65.7 Å². The molecule has 1 aliphatic carbocycles. The zero-order valence-electron chi connectivity index (χ0n) is 12.7. The Balaban J connectivity index is 1.97. The third-order valence-corrected chi connectivity index (χ3v) is 4.80. The number of nitrogens with one attached hydrogen (secondary N) is 1. The molecule has 1 saturated carbocycles. The molecule has 2 fully saturated rings. The van der Waals surface area contributed by atoms with E-state index in [9.17, 15) is 0 Å². The summed E-state index contributed by atoms with van der Waals surface area (Å²) < 4.78 is 0. The number of hydrogen-bond donors (Lipinski definition) is 1. The molecule has 2 nitrogen and oxygen atoms in total. The van der Waals surface area contributed by atoms with Gasteiger partial charge in [-0.2, -0.15) is 0 Å². The Hall–Kier alpha value is -0.0800. The summed E-state index contributed by atoms with van der Waals surface area (Å²) in [5, 5.41) is 3.94. The second-order valence-electron chi connectivity index (χ2n) is 6.98. The fourth-order valence-corrected chi connectivity index (χ4v) is 3.93. The van der Waals surface area contributed by atoms with E-state index < -0.39 is 0 Å². The Morgan fingerprint density at radius 2 is 1.94 bits per heavy atom. The molecule has 0 amide bonds. The predicted molar refractivity (Wildman–Crippen MR) is 78.9 cm³/mol. The summed E-state index contributed by atoms with van der Waals surface area (Å²) in [5.41, 5.74) is 0.473. The predicted octanol–water partition coefficient (Wildman–Crippen LogP) is 3.42. The van der Waals surface area contributed by atoms with Crippen LogP contribution in [0.2, 0.25) is 0 Å². The van der Waals surface area contributed by atoms with Crippen molar-refractivity contribution in [1.82, 2.24) is 10.2 Å². The van der Waals surface area contributed by atoms with E-state index in [0.29, 0.717) is 5.54 Å². The van der Waals surface area contributed by atoms with Crippen LogP contribution < -0.4 is 5.32 Å². The number of hydrogen-bond acceptors (Lipinski definition) is 2. The lowest BCUT2D eigenvalue weighted by Crippen LogP contribution is -2.65. The molecule has 1 heterocycles. The highest BCUT2D eigenvalue weighted by Crippen LogP contribution is 2.32. The van der Waals surface area contributed by atoms with Crippen LogP contribution in [0.15, 0.2) is 0 Å². The fraction of sp³-hybridized carbons (Fsp3) is 1.00. The van der Waals surface area contributed by atoms with Gasteiger partial charge in [0.25, 0.3) is 0 Å². The summed E-state index contributed by atoms with van der Waals surface area (Å²) in [4.78, 5) is 2.79. The topological polar surface area (TPSA) is 15.3 Å². The Morgan fingerprint density at radius 3 is 2.56 bits per heavy atom. The largest absolute Gasteiger partial charge is 0.308 e. The van der Waals surface area contributed by atoms with Crippen molar-refractivity contribution in [2.45, 2.75) is 77.3 Å². The van der Waals surface area contributed by atoms with Crippen LogP contribution in [-0.2, 0) is 0 Å². The lowest BCUT2D eigenvalue weighted by Gasteiger charge is -2.50. The first-order chi connectivity index (χ1) is 8.65. The minimum Gasteiger partial charge on any atom is -0.308 e. The Morgan fingerprint density at radius 1 is 1.22 bits per heavy atom. The molecule has 1 unspecified atom stereocenters. The minimum absolute atomic E-state index is 0.473. The summed E-state index contributed by atoms with van der Waals surface area (Å²) in [6, 6.07) is 0.775. The molecule has 0 radical (unpaired) electrons. The average molecular weight is 252 g/mol. The molecule has 1 saturated heterocycles. The third kappa shape index (κ3) is 3.48. The Labute approximate surface area is 114 Å². The smallest absolute Gasteiger partial charge is 0.0309 e. The van der Waals surface area contributed by atoms with Crippen molar-refractivity contribution in [3.05, 3.63) is 0 Å². The minimum atomic E-state index is 0.473. The molecule has 2 rings (SSSR count). The zero-order valence-corrected chi connectivity index (χ0v) is 12.7. The SMILES string of the molecule is CCCN1CC2(CCCCC2)NCC1CC(C)C. The highest BCUT2D eigenvalue weighted by molar-refractivity contribution is 4.99. The monoisotopic (exact) mass is 252 g/mol. The van der Waals surface area contributed by atoms with E-state index in [1.54, 1.807) is 0 Å². The summed E-state index contributed by atoms with van der Waals surface area (Å²) in [7, 11) is 0. The molecule has 1 atom stereocenters. The molecule has 106 valence electrons. The number of piperazine rings is 1. The number of rotatable bonds is 4. The van der Waals surface area contributed by atoms with Gasteiger partial charge in [0.05, 0.1) is 0 Å². The van der Waals surface area contributed by atoms with E-state index in [-0.39, 0.29) is 0 Å². The molecule has 0 aromatic carbocycles. The van der Waals surface area contributed by atoms with Crippen LogP contribution in [0, 0.1) is 5.92 Å². The molecule has 2 aliphatic rings. The van der Waals surface area contributed by atoms with Gasteiger partial charge in [-0.1, -0.05) is 40.0 Å². The van der Waals surface area contributed by atoms with Crippen LogP contribution in [0.5, 0.6) is 0 Å². The third-order valence-electron chi connectivity index (χ3n) is 4.80. The Bertz CT molecular complexity index is 243. The van der Waals surface area contributed by atoms with Gasteiger partial charge in [-0.3, -0.25) is 4.90 Å². The molecule has 2 heteroatoms. The van der Waals surface area contributed by atoms with Crippen molar-refractivity contribution < 1.29 is 0 Å². The fourth-order valence-electron chi connectivity index (χ4n) is 3.93. The molecule has 18 heavy (non-hydrogen) atoms. The molecule has 0 aromatic heterocycles. The molecule has 1 spiro atoms. The van der Waals surface area contributed by atoms with Crippen molar-refractivity contribution in [3.63, 3.8) is 0 Å². The highest BCUT2D eigenvalue weighted by atomic mass is 15.3. The summed E-state index contributed by atoms with van der Waals surface area (Å²) in [6.07, 6.45) is 9.77. The van der Waals surface area contributed by atoms with Crippen molar-refractivity contribution >= 4 is 0 Å². The first-order valence-electron chi connectivity index (χ1n) is 8.14. The lowest BCUT2D eigenvalue weighted by molar-refractivity contribution is 0.0471. The van der Waals surface area contributed by atoms with Gasteiger partial charge in [0.15, 0.2) is 0 Å². The molecule has 1 aliphatic heterocycles. The molecular formula is C16H32N2. The van der Waals surface area contributed by atoms with Crippen LogP contribution in [0.4, 0.5) is 0 Å². The quantitative estimate of drug-likeness (QED) is 0.825. The average Bonchev–Trinajstić information content (AvgIpc) is 2.34. The maximum absolute atomic E-state index is 3.94. The van der Waals surface area contributed by atoms with Gasteiger partial charge in [0.2, 0.25) is 0 Å². The van der Waals surface area contributed by atoms with Gasteiger partial charge >= 0.3 is 0 Å². The van der Waals surface area contributed by atoms with Gasteiger partial charge < -0.3 is 5.32 Å². The van der Waals surface area contributed by atoms with Crippen molar-refractivity contribution in [2.24, 2.45) is 5.92 Å². The van der Waals surface area contributed by atoms with Gasteiger partial charge in [0.1, 0.15) is 0 Å². The van der Waals surface area contributed by atoms with Crippen LogP contribution >= 0.6 is 0 Å². The summed E-state index contributed by atoms with van der Waals surface area (Å²) >= 11 is 0. The maximum atomic E-state index is 3.94. The van der Waals surface area contributed by atoms with E-state index in [4.69, 9.17) is 0 Å². The van der Waals surface area contributed by atoms with Crippen molar-refractivity contribution in [3.8, 4) is 0 Å². The van der Waals surface area contributed by atoms with Crippen LogP contribution in [-0.4, -0.2) is 36.1 Å². The molecule has 0 aromatic rings. The maximum Gasteiger partial charge on any atom is 0.0309 e. The van der Waals surface area contributed by atoms with Gasteiger partial charge in [-0.25, -0.2) is 0 Å². The van der Waals surface area contributed by atoms with Gasteiger partial charge in [-0.15, -0.1) is 0 Å².